The molecule has 2 unspecified atom stereocenters. The van der Waals surface area contributed by atoms with Crippen molar-refractivity contribution in [3.8, 4) is 11.5 Å². The topological polar surface area (TPSA) is 89.9 Å². The number of methoxy groups -OCH3 is 2. The number of likely N-dealkylation sites (tertiary alicyclic amines) is 1. The lowest BCUT2D eigenvalue weighted by Gasteiger charge is -2.43. The summed E-state index contributed by atoms with van der Waals surface area (Å²) in [4.78, 5) is 41.1. The van der Waals surface area contributed by atoms with E-state index in [1.165, 1.54) is 0 Å². The van der Waals surface area contributed by atoms with Crippen molar-refractivity contribution in [2.24, 2.45) is 5.92 Å². The van der Waals surface area contributed by atoms with Crippen LogP contribution < -0.4 is 20.3 Å². The van der Waals surface area contributed by atoms with Gasteiger partial charge in [-0.05, 0) is 54.3 Å². The van der Waals surface area contributed by atoms with Gasteiger partial charge in [0.15, 0.2) is 11.5 Å². The minimum Gasteiger partial charge on any atom is -0.493 e. The van der Waals surface area contributed by atoms with Gasteiger partial charge in [0.25, 0.3) is 17.4 Å². The Morgan fingerprint density at radius 2 is 1.70 bits per heavy atom. The SMILES string of the molecule is COc1ccc(/C=C(\NC(=O)c2ccccc2)C(=O)N2CC3CC(C2)c2cccc(=O)n2C3)cc1OC. The number of ether oxygens (including phenoxy) is 2. The van der Waals surface area contributed by atoms with E-state index in [0.717, 1.165) is 12.1 Å². The minimum atomic E-state index is -0.366. The number of fused-ring (bicyclic) bond motifs is 4. The van der Waals surface area contributed by atoms with Gasteiger partial charge in [0.05, 0.1) is 14.2 Å². The van der Waals surface area contributed by atoms with Crippen LogP contribution in [0.3, 0.4) is 0 Å². The second kappa shape index (κ2) is 10.3. The van der Waals surface area contributed by atoms with E-state index in [-0.39, 0.29) is 34.9 Å². The number of pyridine rings is 1. The first-order valence-corrected chi connectivity index (χ1v) is 12.3. The molecule has 0 radical (unpaired) electrons. The molecule has 0 aliphatic carbocycles. The fourth-order valence-corrected chi connectivity index (χ4v) is 5.28. The van der Waals surface area contributed by atoms with Crippen molar-refractivity contribution >= 4 is 17.9 Å². The first-order chi connectivity index (χ1) is 18.0. The average Bonchev–Trinajstić information content (AvgIpc) is 2.93. The first-order valence-electron chi connectivity index (χ1n) is 12.3. The van der Waals surface area contributed by atoms with Crippen molar-refractivity contribution in [1.29, 1.82) is 0 Å². The van der Waals surface area contributed by atoms with E-state index in [4.69, 9.17) is 9.47 Å². The van der Waals surface area contributed by atoms with Gasteiger partial charge in [-0.1, -0.05) is 30.3 Å². The number of carbonyl (C=O) groups excluding carboxylic acids is 2. The third-order valence-corrected chi connectivity index (χ3v) is 7.00. The molecule has 2 amide bonds. The first kappa shape index (κ1) is 24.4. The number of amides is 2. The molecule has 5 rings (SSSR count). The van der Waals surface area contributed by atoms with Gasteiger partial charge in [-0.3, -0.25) is 14.4 Å². The maximum Gasteiger partial charge on any atom is 0.270 e. The van der Waals surface area contributed by atoms with Gasteiger partial charge in [0.1, 0.15) is 5.70 Å². The van der Waals surface area contributed by atoms with Crippen LogP contribution in [0.4, 0.5) is 0 Å². The van der Waals surface area contributed by atoms with Crippen molar-refractivity contribution in [3.63, 3.8) is 0 Å². The average molecular weight is 500 g/mol. The molecule has 1 N–H and O–H groups in total. The van der Waals surface area contributed by atoms with Gasteiger partial charge in [0.2, 0.25) is 0 Å². The summed E-state index contributed by atoms with van der Waals surface area (Å²) in [7, 11) is 3.10. The van der Waals surface area contributed by atoms with Crippen molar-refractivity contribution in [1.82, 2.24) is 14.8 Å². The number of hydrogen-bond acceptors (Lipinski definition) is 5. The summed E-state index contributed by atoms with van der Waals surface area (Å²) in [6, 6.07) is 19.4. The normalized spacial score (nSPS) is 18.5. The highest BCUT2D eigenvalue weighted by Gasteiger charge is 2.37. The number of nitrogens with one attached hydrogen (secondary N) is 1. The van der Waals surface area contributed by atoms with Gasteiger partial charge in [0, 0.05) is 42.9 Å². The Kier molecular flexibility index (Phi) is 6.81. The Balaban J connectivity index is 1.47. The van der Waals surface area contributed by atoms with Gasteiger partial charge >= 0.3 is 0 Å². The standard InChI is InChI=1S/C29H29N3O5/c1-36-25-12-11-19(15-26(25)37-2)14-23(30-28(34)21-7-4-3-5-8-21)29(35)31-16-20-13-22(18-31)24-9-6-10-27(33)32(24)17-20/h3-12,14-15,20,22H,13,16-18H2,1-2H3,(H,30,34)/b23-14-. The van der Waals surface area contributed by atoms with E-state index in [0.29, 0.717) is 42.3 Å². The van der Waals surface area contributed by atoms with E-state index in [9.17, 15) is 14.4 Å². The van der Waals surface area contributed by atoms with Crippen LogP contribution >= 0.6 is 0 Å². The molecular formula is C29H29N3O5. The van der Waals surface area contributed by atoms with Gasteiger partial charge in [-0.15, -0.1) is 0 Å². The van der Waals surface area contributed by atoms with E-state index < -0.39 is 0 Å². The molecule has 0 spiro atoms. The number of carbonyl (C=O) groups is 2. The second-order valence-electron chi connectivity index (χ2n) is 9.40. The van der Waals surface area contributed by atoms with Crippen LogP contribution in [0.1, 0.15) is 34.0 Å². The lowest BCUT2D eigenvalue weighted by molar-refractivity contribution is -0.130. The van der Waals surface area contributed by atoms with Crippen molar-refractivity contribution in [2.75, 3.05) is 27.3 Å². The van der Waals surface area contributed by atoms with Crippen LogP contribution in [0.25, 0.3) is 6.08 Å². The number of rotatable bonds is 6. The summed E-state index contributed by atoms with van der Waals surface area (Å²) in [6.45, 7) is 1.57. The molecule has 8 nitrogen and oxygen atoms in total. The molecular weight excluding hydrogens is 470 g/mol. The molecule has 2 aliphatic heterocycles. The summed E-state index contributed by atoms with van der Waals surface area (Å²) in [5.74, 6) is 0.695. The number of benzene rings is 2. The number of aromatic nitrogens is 1. The predicted octanol–water partition coefficient (Wildman–Crippen LogP) is 3.28. The summed E-state index contributed by atoms with van der Waals surface area (Å²) < 4.78 is 12.6. The number of nitrogens with zero attached hydrogens (tertiary/aromatic N) is 2. The minimum absolute atomic E-state index is 0.00358. The molecule has 2 aliphatic rings. The van der Waals surface area contributed by atoms with Crippen molar-refractivity contribution in [3.05, 3.63) is 99.6 Å². The zero-order valence-corrected chi connectivity index (χ0v) is 20.8. The van der Waals surface area contributed by atoms with Gasteiger partial charge in [-0.2, -0.15) is 0 Å². The summed E-state index contributed by atoms with van der Waals surface area (Å²) >= 11 is 0. The van der Waals surface area contributed by atoms with Gasteiger partial charge in [-0.25, -0.2) is 0 Å². The van der Waals surface area contributed by atoms with E-state index in [2.05, 4.69) is 5.32 Å². The van der Waals surface area contributed by atoms with Gasteiger partial charge < -0.3 is 24.3 Å². The smallest absolute Gasteiger partial charge is 0.270 e. The molecule has 3 aromatic rings. The third kappa shape index (κ3) is 5.00. The highest BCUT2D eigenvalue weighted by Crippen LogP contribution is 2.35. The summed E-state index contributed by atoms with van der Waals surface area (Å²) in [5.41, 5.74) is 2.27. The largest absolute Gasteiger partial charge is 0.493 e. The van der Waals surface area contributed by atoms with Crippen molar-refractivity contribution in [2.45, 2.75) is 18.9 Å². The van der Waals surface area contributed by atoms with Crippen LogP contribution in [0.15, 0.2) is 77.2 Å². The van der Waals surface area contributed by atoms with E-state index in [1.54, 1.807) is 79.8 Å². The lowest BCUT2D eigenvalue weighted by Crippen LogP contribution is -2.50. The molecule has 190 valence electrons. The van der Waals surface area contributed by atoms with Crippen LogP contribution in [0.2, 0.25) is 0 Å². The van der Waals surface area contributed by atoms with E-state index in [1.807, 2.05) is 16.7 Å². The molecule has 37 heavy (non-hydrogen) atoms. The Morgan fingerprint density at radius 1 is 0.919 bits per heavy atom. The molecule has 2 bridgehead atoms. The summed E-state index contributed by atoms with van der Waals surface area (Å²) in [5, 5.41) is 2.84. The Bertz CT molecular complexity index is 1410. The monoisotopic (exact) mass is 499 g/mol. The Morgan fingerprint density at radius 3 is 2.46 bits per heavy atom. The fraction of sp³-hybridized carbons (Fsp3) is 0.276. The highest BCUT2D eigenvalue weighted by atomic mass is 16.5. The molecule has 1 saturated heterocycles. The maximum absolute atomic E-state index is 13.9. The molecule has 1 fully saturated rings. The molecule has 1 aromatic heterocycles. The highest BCUT2D eigenvalue weighted by molar-refractivity contribution is 6.05. The van der Waals surface area contributed by atoms with Crippen LogP contribution in [0, 0.1) is 5.92 Å². The zero-order valence-electron chi connectivity index (χ0n) is 20.8. The van der Waals surface area contributed by atoms with Crippen LogP contribution in [0.5, 0.6) is 11.5 Å². The number of piperidine rings is 1. The molecule has 3 heterocycles. The Labute approximate surface area is 215 Å². The predicted molar refractivity (Wildman–Crippen MR) is 140 cm³/mol. The van der Waals surface area contributed by atoms with Crippen LogP contribution in [-0.2, 0) is 11.3 Å². The molecule has 8 heteroatoms. The summed E-state index contributed by atoms with van der Waals surface area (Å²) in [6.07, 6.45) is 2.59. The maximum atomic E-state index is 13.9. The zero-order chi connectivity index (χ0) is 25.9. The fourth-order valence-electron chi connectivity index (χ4n) is 5.28. The quantitative estimate of drug-likeness (QED) is 0.526. The lowest BCUT2D eigenvalue weighted by atomic mass is 9.83. The Hall–Kier alpha value is -4.33. The molecule has 2 atom stereocenters. The number of hydrogen-bond donors (Lipinski definition) is 1. The van der Waals surface area contributed by atoms with Crippen molar-refractivity contribution < 1.29 is 19.1 Å². The second-order valence-corrected chi connectivity index (χ2v) is 9.40. The molecule has 2 aromatic carbocycles. The van der Waals surface area contributed by atoms with E-state index >= 15 is 0 Å². The molecule has 0 saturated carbocycles. The van der Waals surface area contributed by atoms with Crippen LogP contribution in [-0.4, -0.2) is 48.6 Å². The third-order valence-electron chi connectivity index (χ3n) is 7.00.